The fraction of sp³-hybridized carbons (Fsp3) is 0.500. The molecule has 0 aliphatic heterocycles. The summed E-state index contributed by atoms with van der Waals surface area (Å²) in [5.41, 5.74) is 2.54. The van der Waals surface area contributed by atoms with Crippen LogP contribution in [0.4, 0.5) is 0 Å². The normalized spacial score (nSPS) is 21.8. The number of aryl methyl sites for hydroxylation is 1. The van der Waals surface area contributed by atoms with Crippen molar-refractivity contribution in [2.75, 3.05) is 13.4 Å². The van der Waals surface area contributed by atoms with Crippen LogP contribution in [-0.2, 0) is 18.3 Å². The summed E-state index contributed by atoms with van der Waals surface area (Å²) in [6, 6.07) is 8.56. The number of ether oxygens (including phenoxy) is 2. The van der Waals surface area contributed by atoms with Gasteiger partial charge < -0.3 is 9.47 Å². The number of hydrogen-bond acceptors (Lipinski definition) is 6. The van der Waals surface area contributed by atoms with E-state index in [0.717, 1.165) is 59.2 Å². The van der Waals surface area contributed by atoms with Gasteiger partial charge in [0.05, 0.1) is 24.7 Å². The lowest BCUT2D eigenvalue weighted by atomic mass is 9.69. The number of benzene rings is 1. The SMILES string of the molecule is COc1ccc(C2(C#N)CCc3nc(SC)ncc3C2)cc1OC1CCCC1. The molecular weight excluding hydrogens is 370 g/mol. The van der Waals surface area contributed by atoms with Gasteiger partial charge in [0.2, 0.25) is 0 Å². The van der Waals surface area contributed by atoms with Crippen molar-refractivity contribution in [2.45, 2.75) is 61.6 Å². The Labute approximate surface area is 170 Å². The van der Waals surface area contributed by atoms with E-state index >= 15 is 0 Å². The van der Waals surface area contributed by atoms with Crippen molar-refractivity contribution >= 4 is 11.8 Å². The van der Waals surface area contributed by atoms with Gasteiger partial charge in [-0.25, -0.2) is 9.97 Å². The molecule has 1 aromatic heterocycles. The van der Waals surface area contributed by atoms with Crippen molar-refractivity contribution in [2.24, 2.45) is 0 Å². The molecule has 0 amide bonds. The van der Waals surface area contributed by atoms with E-state index in [1.165, 1.54) is 12.8 Å². The Kier molecular flexibility index (Phi) is 5.45. The first-order chi connectivity index (χ1) is 13.7. The Bertz CT molecular complexity index is 905. The summed E-state index contributed by atoms with van der Waals surface area (Å²) in [6.45, 7) is 0. The number of nitrogens with zero attached hydrogens (tertiary/aromatic N) is 3. The van der Waals surface area contributed by atoms with E-state index in [1.54, 1.807) is 18.9 Å². The maximum atomic E-state index is 10.2. The predicted molar refractivity (Wildman–Crippen MR) is 109 cm³/mol. The van der Waals surface area contributed by atoms with E-state index in [0.29, 0.717) is 6.42 Å². The number of nitriles is 1. The van der Waals surface area contributed by atoms with Crippen LogP contribution < -0.4 is 9.47 Å². The number of hydrogen-bond donors (Lipinski definition) is 0. The van der Waals surface area contributed by atoms with E-state index in [4.69, 9.17) is 9.47 Å². The second-order valence-corrected chi connectivity index (χ2v) is 8.36. The Morgan fingerprint density at radius 1 is 1.25 bits per heavy atom. The van der Waals surface area contributed by atoms with Gasteiger partial charge >= 0.3 is 0 Å². The molecule has 2 aromatic rings. The number of aromatic nitrogens is 2. The van der Waals surface area contributed by atoms with E-state index in [2.05, 4.69) is 16.0 Å². The number of thioether (sulfide) groups is 1. The molecule has 1 fully saturated rings. The topological polar surface area (TPSA) is 68.0 Å². The van der Waals surface area contributed by atoms with Gasteiger partial charge in [-0.3, -0.25) is 0 Å². The van der Waals surface area contributed by atoms with Crippen LogP contribution in [0.1, 0.15) is 48.9 Å². The first-order valence-electron chi connectivity index (χ1n) is 9.82. The Morgan fingerprint density at radius 3 is 2.79 bits per heavy atom. The van der Waals surface area contributed by atoms with Crippen molar-refractivity contribution in [3.8, 4) is 17.6 Å². The molecular formula is C22H25N3O2S. The van der Waals surface area contributed by atoms with Gasteiger partial charge in [0.15, 0.2) is 16.7 Å². The van der Waals surface area contributed by atoms with Crippen LogP contribution in [0, 0.1) is 11.3 Å². The van der Waals surface area contributed by atoms with E-state index in [-0.39, 0.29) is 6.10 Å². The second kappa shape index (κ2) is 8.00. The standard InChI is InChI=1S/C22H25N3O2S/c1-26-19-8-7-16(11-20(19)27-17-5-3-4-6-17)22(14-23)10-9-18-15(12-22)13-24-21(25-18)28-2/h7-8,11,13,17H,3-6,9-10,12H2,1-2H3. The molecule has 0 spiro atoms. The lowest BCUT2D eigenvalue weighted by Crippen LogP contribution is -2.32. The quantitative estimate of drug-likeness (QED) is 0.549. The summed E-state index contributed by atoms with van der Waals surface area (Å²) < 4.78 is 11.8. The van der Waals surface area contributed by atoms with Crippen molar-refractivity contribution in [3.63, 3.8) is 0 Å². The number of rotatable bonds is 5. The Balaban J connectivity index is 1.66. The van der Waals surface area contributed by atoms with Crippen LogP contribution in [0.2, 0.25) is 0 Å². The van der Waals surface area contributed by atoms with Crippen molar-refractivity contribution in [1.29, 1.82) is 5.26 Å². The van der Waals surface area contributed by atoms with Gasteiger partial charge in [-0.15, -0.1) is 0 Å². The average molecular weight is 396 g/mol. The maximum Gasteiger partial charge on any atom is 0.187 e. The summed E-state index contributed by atoms with van der Waals surface area (Å²) in [6.07, 6.45) is 10.9. The van der Waals surface area contributed by atoms with Gasteiger partial charge in [0, 0.05) is 11.9 Å². The molecule has 2 aliphatic carbocycles. The molecule has 5 nitrogen and oxygen atoms in total. The summed E-state index contributed by atoms with van der Waals surface area (Å²) >= 11 is 1.55. The summed E-state index contributed by atoms with van der Waals surface area (Å²) in [5, 5.41) is 10.9. The monoisotopic (exact) mass is 395 g/mol. The zero-order valence-corrected chi connectivity index (χ0v) is 17.2. The zero-order valence-electron chi connectivity index (χ0n) is 16.4. The molecule has 1 aromatic carbocycles. The Hall–Kier alpha value is -2.26. The first kappa shape index (κ1) is 19.1. The van der Waals surface area contributed by atoms with E-state index in [1.807, 2.05) is 30.7 Å². The van der Waals surface area contributed by atoms with Gasteiger partial charge in [-0.2, -0.15) is 5.26 Å². The summed E-state index contributed by atoms with van der Waals surface area (Å²) in [5.74, 6) is 1.48. The van der Waals surface area contributed by atoms with Gasteiger partial charge in [-0.1, -0.05) is 17.8 Å². The van der Waals surface area contributed by atoms with Gasteiger partial charge in [-0.05, 0) is 74.5 Å². The largest absolute Gasteiger partial charge is 0.493 e. The number of fused-ring (bicyclic) bond motifs is 1. The average Bonchev–Trinajstić information content (AvgIpc) is 3.26. The highest BCUT2D eigenvalue weighted by Gasteiger charge is 2.38. The van der Waals surface area contributed by atoms with Crippen LogP contribution in [0.5, 0.6) is 11.5 Å². The molecule has 0 radical (unpaired) electrons. The lowest BCUT2D eigenvalue weighted by molar-refractivity contribution is 0.200. The minimum Gasteiger partial charge on any atom is -0.493 e. The fourth-order valence-corrected chi connectivity index (χ4v) is 4.65. The fourth-order valence-electron chi connectivity index (χ4n) is 4.29. The van der Waals surface area contributed by atoms with Crippen LogP contribution in [0.15, 0.2) is 29.6 Å². The van der Waals surface area contributed by atoms with Gasteiger partial charge in [0.25, 0.3) is 0 Å². The van der Waals surface area contributed by atoms with E-state index in [9.17, 15) is 5.26 Å². The van der Waals surface area contributed by atoms with Crippen LogP contribution in [-0.4, -0.2) is 29.4 Å². The lowest BCUT2D eigenvalue weighted by Gasteiger charge is -2.32. The maximum absolute atomic E-state index is 10.2. The van der Waals surface area contributed by atoms with Crippen LogP contribution in [0.3, 0.4) is 0 Å². The van der Waals surface area contributed by atoms with Gasteiger partial charge in [0.1, 0.15) is 0 Å². The Morgan fingerprint density at radius 2 is 2.07 bits per heavy atom. The minimum absolute atomic E-state index is 0.243. The molecule has 0 saturated heterocycles. The first-order valence-corrected chi connectivity index (χ1v) is 11.0. The third kappa shape index (κ3) is 3.56. The zero-order chi connectivity index (χ0) is 19.6. The number of methoxy groups -OCH3 is 1. The third-order valence-electron chi connectivity index (χ3n) is 5.92. The molecule has 4 rings (SSSR count). The van der Waals surface area contributed by atoms with Crippen molar-refractivity contribution in [3.05, 3.63) is 41.2 Å². The highest BCUT2D eigenvalue weighted by atomic mass is 32.2. The van der Waals surface area contributed by atoms with Crippen molar-refractivity contribution < 1.29 is 9.47 Å². The molecule has 6 heteroatoms. The summed E-state index contributed by atoms with van der Waals surface area (Å²) in [4.78, 5) is 9.05. The minimum atomic E-state index is -0.586. The molecule has 0 N–H and O–H groups in total. The molecule has 1 unspecified atom stereocenters. The predicted octanol–water partition coefficient (Wildman–Crippen LogP) is 4.48. The molecule has 1 saturated carbocycles. The van der Waals surface area contributed by atoms with E-state index < -0.39 is 5.41 Å². The van der Waals surface area contributed by atoms with Crippen LogP contribution >= 0.6 is 11.8 Å². The van der Waals surface area contributed by atoms with Crippen molar-refractivity contribution in [1.82, 2.24) is 9.97 Å². The highest BCUT2D eigenvalue weighted by Crippen LogP contribution is 2.41. The summed E-state index contributed by atoms with van der Waals surface area (Å²) in [7, 11) is 1.66. The molecule has 146 valence electrons. The molecule has 2 aliphatic rings. The van der Waals surface area contributed by atoms with Crippen LogP contribution in [0.25, 0.3) is 0 Å². The molecule has 1 heterocycles. The molecule has 0 bridgehead atoms. The molecule has 1 atom stereocenters. The smallest absolute Gasteiger partial charge is 0.187 e. The third-order valence-corrected chi connectivity index (χ3v) is 6.48. The highest BCUT2D eigenvalue weighted by molar-refractivity contribution is 7.98. The second-order valence-electron chi connectivity index (χ2n) is 7.59. The molecule has 28 heavy (non-hydrogen) atoms.